The van der Waals surface area contributed by atoms with E-state index in [1.807, 2.05) is 18.2 Å². The van der Waals surface area contributed by atoms with Gasteiger partial charge >= 0.3 is 5.97 Å². The van der Waals surface area contributed by atoms with Gasteiger partial charge < -0.3 is 14.9 Å². The Morgan fingerprint density at radius 2 is 1.77 bits per heavy atom. The van der Waals surface area contributed by atoms with Crippen molar-refractivity contribution in [1.82, 2.24) is 9.47 Å². The summed E-state index contributed by atoms with van der Waals surface area (Å²) >= 11 is 6.61. The van der Waals surface area contributed by atoms with Crippen molar-refractivity contribution in [1.29, 1.82) is 5.26 Å². The summed E-state index contributed by atoms with van der Waals surface area (Å²) in [5, 5.41) is 18.9. The molecule has 9 nitrogen and oxygen atoms in total. The number of para-hydroxylation sites is 1. The number of thiocarbonyl (C=S) groups is 1. The molecule has 0 bridgehead atoms. The molecule has 0 atom stereocenters. The molecule has 0 radical (unpaired) electrons. The number of nitrogens with zero attached hydrogens (tertiary/aromatic N) is 5. The van der Waals surface area contributed by atoms with Gasteiger partial charge in [-0.15, -0.1) is 0 Å². The Bertz CT molecular complexity index is 1420. The lowest BCUT2D eigenvalue weighted by atomic mass is 10.0. The van der Waals surface area contributed by atoms with Crippen LogP contribution in [0.5, 0.6) is 0 Å². The number of carbonyl (C=O) groups excluding carboxylic acids is 1. The second-order valence-electron chi connectivity index (χ2n) is 9.80. The van der Waals surface area contributed by atoms with Crippen LogP contribution in [0.2, 0.25) is 0 Å². The molecule has 40 heavy (non-hydrogen) atoms. The maximum absolute atomic E-state index is 13.5. The predicted molar refractivity (Wildman–Crippen MR) is 163 cm³/mol. The van der Waals surface area contributed by atoms with E-state index in [1.165, 1.54) is 4.90 Å². The van der Waals surface area contributed by atoms with Gasteiger partial charge in [0.15, 0.2) is 0 Å². The third-order valence-corrected chi connectivity index (χ3v) is 8.58. The number of aliphatic carboxylic acids is 1. The van der Waals surface area contributed by atoms with Gasteiger partial charge in [-0.1, -0.05) is 55.5 Å². The monoisotopic (exact) mass is 579 g/mol. The van der Waals surface area contributed by atoms with Crippen LogP contribution in [-0.4, -0.2) is 63.5 Å². The number of hydrogen-bond acceptors (Lipinski definition) is 8. The highest BCUT2D eigenvalue weighted by Crippen LogP contribution is 2.36. The van der Waals surface area contributed by atoms with Gasteiger partial charge in [-0.3, -0.25) is 23.9 Å². The molecule has 11 heteroatoms. The van der Waals surface area contributed by atoms with E-state index in [2.05, 4.69) is 34.9 Å². The Hall–Kier alpha value is -3.62. The van der Waals surface area contributed by atoms with Gasteiger partial charge in [0.05, 0.1) is 4.91 Å². The molecule has 0 saturated carbocycles. The molecule has 2 aliphatic rings. The van der Waals surface area contributed by atoms with Crippen LogP contribution in [0.1, 0.15) is 49.3 Å². The Morgan fingerprint density at radius 1 is 1.10 bits per heavy atom. The van der Waals surface area contributed by atoms with Gasteiger partial charge in [0, 0.05) is 56.9 Å². The van der Waals surface area contributed by atoms with Gasteiger partial charge in [0.1, 0.15) is 21.8 Å². The maximum Gasteiger partial charge on any atom is 0.303 e. The van der Waals surface area contributed by atoms with Crippen LogP contribution in [-0.2, 0) is 16.1 Å². The second kappa shape index (κ2) is 13.2. The minimum atomic E-state index is -0.924. The number of anilines is 2. The molecule has 210 valence electrons. The molecule has 2 aliphatic heterocycles. The van der Waals surface area contributed by atoms with Gasteiger partial charge in [0.25, 0.3) is 11.5 Å². The molecule has 2 saturated heterocycles. The summed E-state index contributed by atoms with van der Waals surface area (Å²) in [5.74, 6) is -0.491. The third kappa shape index (κ3) is 6.24. The van der Waals surface area contributed by atoms with Crippen LogP contribution >= 0.6 is 24.0 Å². The fourth-order valence-corrected chi connectivity index (χ4v) is 6.33. The molecule has 2 fully saturated rings. The Morgan fingerprint density at radius 3 is 2.40 bits per heavy atom. The van der Waals surface area contributed by atoms with Crippen LogP contribution in [0.3, 0.4) is 0 Å². The van der Waals surface area contributed by atoms with Gasteiger partial charge in [-0.25, -0.2) is 0 Å². The van der Waals surface area contributed by atoms with Crippen molar-refractivity contribution in [3.8, 4) is 6.07 Å². The van der Waals surface area contributed by atoms with E-state index in [-0.39, 0.29) is 30.0 Å². The average Bonchev–Trinajstić information content (AvgIpc) is 3.22. The largest absolute Gasteiger partial charge is 0.481 e. The highest BCUT2D eigenvalue weighted by Gasteiger charge is 2.33. The number of hydrogen-bond donors (Lipinski definition) is 1. The zero-order valence-electron chi connectivity index (χ0n) is 22.8. The number of piperazine rings is 1. The van der Waals surface area contributed by atoms with Crippen molar-refractivity contribution in [2.24, 2.45) is 0 Å². The Kier molecular flexibility index (Phi) is 9.66. The van der Waals surface area contributed by atoms with Crippen LogP contribution in [0.4, 0.5) is 11.5 Å². The third-order valence-electron chi connectivity index (χ3n) is 7.20. The summed E-state index contributed by atoms with van der Waals surface area (Å²) in [4.78, 5) is 44.1. The number of rotatable bonds is 10. The molecule has 4 rings (SSSR count). The highest BCUT2D eigenvalue weighted by atomic mass is 32.2. The van der Waals surface area contributed by atoms with Crippen LogP contribution in [0.25, 0.3) is 6.08 Å². The standard InChI is InChI=1S/C29H33N5O4S2/c1-3-4-12-33-26(32-16-14-31(15-17-32)21-9-6-5-7-10-21)22(20(2)23(19-30)27(33)37)18-24-28(38)34(29(39)40-24)13-8-11-25(35)36/h5-7,9-10,18H,3-4,8,11-17H2,1-2H3,(H,35,36)/b24-18-. The molecular weight excluding hydrogens is 546 g/mol. The molecule has 1 aromatic carbocycles. The lowest BCUT2D eigenvalue weighted by Gasteiger charge is -2.39. The van der Waals surface area contributed by atoms with Crippen molar-refractivity contribution in [3.63, 3.8) is 0 Å². The molecule has 3 heterocycles. The first kappa shape index (κ1) is 29.4. The Labute approximate surface area is 243 Å². The minimum absolute atomic E-state index is 0.0533. The van der Waals surface area contributed by atoms with Crippen molar-refractivity contribution in [3.05, 3.63) is 62.3 Å². The van der Waals surface area contributed by atoms with Crippen molar-refractivity contribution in [2.45, 2.75) is 46.1 Å². The summed E-state index contributed by atoms with van der Waals surface area (Å²) in [6.07, 6.45) is 3.66. The van der Waals surface area contributed by atoms with Crippen LogP contribution < -0.4 is 15.4 Å². The topological polar surface area (TPSA) is 110 Å². The number of thioether (sulfide) groups is 1. The van der Waals surface area contributed by atoms with E-state index in [1.54, 1.807) is 17.6 Å². The van der Waals surface area contributed by atoms with Crippen molar-refractivity contribution >= 4 is 57.8 Å². The number of pyridine rings is 1. The lowest BCUT2D eigenvalue weighted by Crippen LogP contribution is -2.48. The lowest BCUT2D eigenvalue weighted by molar-refractivity contribution is -0.137. The van der Waals surface area contributed by atoms with E-state index in [0.29, 0.717) is 46.4 Å². The van der Waals surface area contributed by atoms with E-state index in [9.17, 15) is 19.6 Å². The zero-order chi connectivity index (χ0) is 28.8. The van der Waals surface area contributed by atoms with Crippen LogP contribution in [0.15, 0.2) is 40.0 Å². The first-order valence-electron chi connectivity index (χ1n) is 13.5. The molecule has 0 aliphatic carbocycles. The zero-order valence-corrected chi connectivity index (χ0v) is 24.4. The van der Waals surface area contributed by atoms with Gasteiger partial charge in [-0.2, -0.15) is 5.26 Å². The number of nitriles is 1. The number of benzene rings is 1. The summed E-state index contributed by atoms with van der Waals surface area (Å²) in [6, 6.07) is 12.3. The number of amides is 1. The molecule has 0 spiro atoms. The normalized spacial score (nSPS) is 16.6. The average molecular weight is 580 g/mol. The fraction of sp³-hybridized carbons (Fsp3) is 0.414. The van der Waals surface area contributed by atoms with Crippen LogP contribution in [0, 0.1) is 18.3 Å². The summed E-state index contributed by atoms with van der Waals surface area (Å²) in [5.41, 5.74) is 2.12. The molecule has 1 aromatic heterocycles. The first-order valence-corrected chi connectivity index (χ1v) is 14.7. The van der Waals surface area contributed by atoms with Gasteiger partial charge in [-0.05, 0) is 43.5 Å². The Balaban J connectivity index is 1.74. The number of carboxylic acids is 1. The molecule has 0 unspecified atom stereocenters. The number of carboxylic acid groups (broad SMARTS) is 1. The second-order valence-corrected chi connectivity index (χ2v) is 11.5. The van der Waals surface area contributed by atoms with Gasteiger partial charge in [0.2, 0.25) is 0 Å². The van der Waals surface area contributed by atoms with E-state index >= 15 is 0 Å². The minimum Gasteiger partial charge on any atom is -0.481 e. The number of carbonyl (C=O) groups is 2. The van der Waals surface area contributed by atoms with E-state index in [4.69, 9.17) is 17.3 Å². The quantitative estimate of drug-likeness (QED) is 0.327. The summed E-state index contributed by atoms with van der Waals surface area (Å²) in [6.45, 7) is 7.36. The highest BCUT2D eigenvalue weighted by molar-refractivity contribution is 8.26. The summed E-state index contributed by atoms with van der Waals surface area (Å²) in [7, 11) is 0. The molecule has 2 aromatic rings. The van der Waals surface area contributed by atoms with Crippen molar-refractivity contribution < 1.29 is 14.7 Å². The number of unbranched alkanes of at least 4 members (excludes halogenated alkanes) is 1. The summed E-state index contributed by atoms with van der Waals surface area (Å²) < 4.78 is 2.07. The SMILES string of the molecule is CCCCn1c(N2CCN(c3ccccc3)CC2)c(/C=C2\SC(=S)N(CCCC(=O)O)C2=O)c(C)c(C#N)c1=O. The molecular formula is C29H33N5O4S2. The molecule has 1 amide bonds. The maximum atomic E-state index is 13.5. The fourth-order valence-electron chi connectivity index (χ4n) is 5.04. The van der Waals surface area contributed by atoms with E-state index in [0.717, 1.165) is 49.2 Å². The smallest absolute Gasteiger partial charge is 0.303 e. The number of aromatic nitrogens is 1. The predicted octanol–water partition coefficient (Wildman–Crippen LogP) is 4.22. The van der Waals surface area contributed by atoms with Crippen molar-refractivity contribution in [2.75, 3.05) is 42.5 Å². The van der Waals surface area contributed by atoms with E-state index < -0.39 is 5.97 Å². The molecule has 1 N–H and O–H groups in total. The first-order chi connectivity index (χ1) is 19.3.